The maximum Gasteiger partial charge on any atom is 0.255 e. The number of nitriles is 1. The summed E-state index contributed by atoms with van der Waals surface area (Å²) in [6.07, 6.45) is -0.681. The zero-order chi connectivity index (χ0) is 31.1. The molecule has 1 amide bonds. The average Bonchev–Trinajstić information content (AvgIpc) is 2.87. The van der Waals surface area contributed by atoms with E-state index >= 15 is 0 Å². The molecular formula is C29H28ClN5O7. The number of methoxy groups -OCH3 is 1. The topological polar surface area (TPSA) is 226 Å². The number of Topliss-reactive ketones (excluding diaryl/α,β-unsaturated/α-hetero) is 2. The standard InChI is InChI=1S/C29H28ClN5O7/c1-35(2)23-22(38)19(26(32)41)24(39)28(11-31)25(40)20-21(37)18-15(9-27(20,33)10-29(23,28)34)13(5-6-16(18)36)14-8-12(30)4-7-17(14)42-3/h4-8,23,36-37,39H,9-10,33-34H2,1-3H3,(H2,32,41)/t23-,27-,28+,29-/m1/s1. The van der Waals surface area contributed by atoms with Gasteiger partial charge in [-0.25, -0.2) is 0 Å². The number of primary amides is 1. The van der Waals surface area contributed by atoms with E-state index in [1.54, 1.807) is 30.3 Å². The predicted octanol–water partition coefficient (Wildman–Crippen LogP) is 1.23. The van der Waals surface area contributed by atoms with Crippen molar-refractivity contribution in [3.8, 4) is 28.7 Å². The second kappa shape index (κ2) is 9.30. The summed E-state index contributed by atoms with van der Waals surface area (Å²) in [6.45, 7) is 0. The quantitative estimate of drug-likeness (QED) is 0.276. The van der Waals surface area contributed by atoms with Gasteiger partial charge in [-0.05, 0) is 62.3 Å². The van der Waals surface area contributed by atoms with E-state index < -0.39 is 74.8 Å². The number of hydrogen-bond donors (Lipinski definition) is 6. The number of carbonyl (C=O) groups is 3. The minimum atomic E-state index is -2.73. The first kappa shape index (κ1) is 29.1. The number of aromatic hydroxyl groups is 1. The number of phenolic OH excluding ortho intramolecular Hbond substituents is 1. The summed E-state index contributed by atoms with van der Waals surface area (Å²) in [7, 11) is 4.36. The number of rotatable bonds is 4. The zero-order valence-electron chi connectivity index (χ0n) is 22.9. The van der Waals surface area contributed by atoms with Gasteiger partial charge < -0.3 is 37.3 Å². The molecule has 0 aromatic heterocycles. The van der Waals surface area contributed by atoms with Gasteiger partial charge in [0.25, 0.3) is 5.91 Å². The molecule has 3 aliphatic carbocycles. The summed E-state index contributed by atoms with van der Waals surface area (Å²) < 4.78 is 5.51. The molecular weight excluding hydrogens is 566 g/mol. The van der Waals surface area contributed by atoms with E-state index in [1.165, 1.54) is 32.2 Å². The lowest BCUT2D eigenvalue weighted by atomic mass is 9.47. The smallest absolute Gasteiger partial charge is 0.255 e. The maximum absolute atomic E-state index is 14.4. The van der Waals surface area contributed by atoms with Crippen molar-refractivity contribution in [2.24, 2.45) is 22.6 Å². The average molecular weight is 594 g/mol. The number of benzene rings is 2. The molecule has 12 nitrogen and oxygen atoms in total. The van der Waals surface area contributed by atoms with Gasteiger partial charge in [-0.1, -0.05) is 17.7 Å². The third-order valence-electron chi connectivity index (χ3n) is 8.59. The van der Waals surface area contributed by atoms with E-state index in [2.05, 4.69) is 0 Å². The van der Waals surface area contributed by atoms with Crippen molar-refractivity contribution in [1.29, 1.82) is 5.26 Å². The fraction of sp³-hybridized carbons (Fsp3) is 0.310. The SMILES string of the molecule is COc1ccc(Cl)cc1-c1ccc(O)c2c1C[C@@]1(N)C[C@@]3(N)[C@H](N(C)C)C(=O)C(C(N)=O)=C(O)[C@@]3(C#N)C(=O)C1=C2O. The molecule has 2 aromatic carbocycles. The number of halogens is 1. The molecule has 0 saturated heterocycles. The van der Waals surface area contributed by atoms with Crippen LogP contribution in [-0.2, 0) is 20.8 Å². The van der Waals surface area contributed by atoms with Gasteiger partial charge in [0.1, 0.15) is 28.6 Å². The predicted molar refractivity (Wildman–Crippen MR) is 151 cm³/mol. The highest BCUT2D eigenvalue weighted by atomic mass is 35.5. The van der Waals surface area contributed by atoms with E-state index in [1.807, 2.05) is 0 Å². The van der Waals surface area contributed by atoms with Gasteiger partial charge in [0, 0.05) is 10.6 Å². The highest BCUT2D eigenvalue weighted by molar-refractivity contribution is 6.31. The highest BCUT2D eigenvalue weighted by Crippen LogP contribution is 2.59. The highest BCUT2D eigenvalue weighted by Gasteiger charge is 2.74. The summed E-state index contributed by atoms with van der Waals surface area (Å²) in [5, 5.41) is 44.7. The van der Waals surface area contributed by atoms with Gasteiger partial charge in [0.15, 0.2) is 17.0 Å². The Bertz CT molecular complexity index is 1730. The lowest BCUT2D eigenvalue weighted by Crippen LogP contribution is -2.80. The number of nitrogens with two attached hydrogens (primary N) is 3. The number of amides is 1. The maximum atomic E-state index is 14.4. The number of nitrogens with zero attached hydrogens (tertiary/aromatic N) is 2. The van der Waals surface area contributed by atoms with Crippen molar-refractivity contribution in [3.63, 3.8) is 0 Å². The lowest BCUT2D eigenvalue weighted by Gasteiger charge is -2.58. The van der Waals surface area contributed by atoms with Crippen LogP contribution in [0.2, 0.25) is 5.02 Å². The largest absolute Gasteiger partial charge is 0.509 e. The number of phenols is 1. The van der Waals surface area contributed by atoms with E-state index in [0.717, 1.165) is 0 Å². The van der Waals surface area contributed by atoms with Crippen molar-refractivity contribution < 1.29 is 34.4 Å². The molecule has 218 valence electrons. The van der Waals surface area contributed by atoms with Crippen LogP contribution in [0.25, 0.3) is 16.9 Å². The second-order valence-electron chi connectivity index (χ2n) is 11.1. The zero-order valence-corrected chi connectivity index (χ0v) is 23.6. The monoisotopic (exact) mass is 593 g/mol. The molecule has 9 N–H and O–H groups in total. The molecule has 1 fully saturated rings. The molecule has 1 saturated carbocycles. The summed E-state index contributed by atoms with van der Waals surface area (Å²) in [5.74, 6) is -5.48. The minimum absolute atomic E-state index is 0.133. The number of carbonyl (C=O) groups excluding carboxylic acids is 3. The van der Waals surface area contributed by atoms with Gasteiger partial charge in [-0.2, -0.15) is 5.26 Å². The van der Waals surface area contributed by atoms with Gasteiger partial charge in [-0.15, -0.1) is 0 Å². The van der Waals surface area contributed by atoms with Crippen molar-refractivity contribution in [3.05, 3.63) is 63.4 Å². The van der Waals surface area contributed by atoms with Gasteiger partial charge in [0.05, 0.1) is 41.4 Å². The Morgan fingerprint density at radius 2 is 1.81 bits per heavy atom. The molecule has 4 atom stereocenters. The minimum Gasteiger partial charge on any atom is -0.509 e. The Kier molecular flexibility index (Phi) is 6.44. The Balaban J connectivity index is 1.87. The van der Waals surface area contributed by atoms with Crippen molar-refractivity contribution >= 4 is 34.8 Å². The number of fused-ring (bicyclic) bond motifs is 3. The Hall–Kier alpha value is -4.41. The van der Waals surface area contributed by atoms with Crippen LogP contribution in [-0.4, -0.2) is 76.0 Å². The van der Waals surface area contributed by atoms with Crippen molar-refractivity contribution in [2.45, 2.75) is 30.0 Å². The fourth-order valence-electron chi connectivity index (χ4n) is 6.97. The Labute approximate surface area is 245 Å². The number of aliphatic hydroxyl groups is 2. The van der Waals surface area contributed by atoms with Crippen LogP contribution in [0.3, 0.4) is 0 Å². The number of likely N-dealkylation sites (N-methyl/N-ethyl adjacent to an activating group) is 1. The lowest BCUT2D eigenvalue weighted by molar-refractivity contribution is -0.139. The van der Waals surface area contributed by atoms with Crippen LogP contribution in [0, 0.1) is 16.7 Å². The van der Waals surface area contributed by atoms with E-state index in [-0.39, 0.29) is 12.0 Å². The third-order valence-corrected chi connectivity index (χ3v) is 8.82. The summed E-state index contributed by atoms with van der Waals surface area (Å²) in [4.78, 5) is 41.6. The van der Waals surface area contributed by atoms with Crippen LogP contribution in [0.4, 0.5) is 0 Å². The van der Waals surface area contributed by atoms with Crippen LogP contribution < -0.4 is 21.9 Å². The number of aliphatic hydroxyl groups excluding tert-OH is 2. The number of hydrogen-bond acceptors (Lipinski definition) is 11. The number of ketones is 2. The van der Waals surface area contributed by atoms with Gasteiger partial charge in [0.2, 0.25) is 0 Å². The van der Waals surface area contributed by atoms with E-state index in [4.69, 9.17) is 33.5 Å². The van der Waals surface area contributed by atoms with Gasteiger partial charge in [-0.3, -0.25) is 19.3 Å². The van der Waals surface area contributed by atoms with Crippen LogP contribution in [0.5, 0.6) is 11.5 Å². The fourth-order valence-corrected chi connectivity index (χ4v) is 7.15. The summed E-state index contributed by atoms with van der Waals surface area (Å²) in [5.41, 5.74) is 12.2. The molecule has 0 heterocycles. The Morgan fingerprint density at radius 1 is 1.14 bits per heavy atom. The molecule has 3 aliphatic rings. The third kappa shape index (κ3) is 3.48. The molecule has 0 bridgehead atoms. The van der Waals surface area contributed by atoms with Crippen molar-refractivity contribution in [2.75, 3.05) is 21.2 Å². The second-order valence-corrected chi connectivity index (χ2v) is 11.5. The normalized spacial score (nSPS) is 28.7. The molecule has 0 unspecified atom stereocenters. The first-order chi connectivity index (χ1) is 19.6. The molecule has 13 heteroatoms. The number of ether oxygens (including phenoxy) is 1. The van der Waals surface area contributed by atoms with Crippen molar-refractivity contribution in [1.82, 2.24) is 4.90 Å². The molecule has 0 spiro atoms. The van der Waals surface area contributed by atoms with Crippen LogP contribution >= 0.6 is 11.6 Å². The first-order valence-electron chi connectivity index (χ1n) is 12.7. The Morgan fingerprint density at radius 3 is 2.38 bits per heavy atom. The molecule has 42 heavy (non-hydrogen) atoms. The van der Waals surface area contributed by atoms with Crippen LogP contribution in [0.1, 0.15) is 17.5 Å². The van der Waals surface area contributed by atoms with Gasteiger partial charge >= 0.3 is 0 Å². The first-order valence-corrected chi connectivity index (χ1v) is 13.1. The van der Waals surface area contributed by atoms with Crippen LogP contribution in [0.15, 0.2) is 47.2 Å². The summed E-state index contributed by atoms with van der Waals surface area (Å²) >= 11 is 6.28. The summed E-state index contributed by atoms with van der Waals surface area (Å²) in [6, 6.07) is 8.02. The van der Waals surface area contributed by atoms with E-state index in [0.29, 0.717) is 27.5 Å². The molecule has 0 aliphatic heterocycles. The molecule has 0 radical (unpaired) electrons. The van der Waals surface area contributed by atoms with E-state index in [9.17, 15) is 35.0 Å². The molecule has 5 rings (SSSR count). The molecule has 2 aromatic rings.